The van der Waals surface area contributed by atoms with Gasteiger partial charge in [-0.3, -0.25) is 4.79 Å². The van der Waals surface area contributed by atoms with Gasteiger partial charge >= 0.3 is 0 Å². The highest BCUT2D eigenvalue weighted by Crippen LogP contribution is 2.28. The Labute approximate surface area is 173 Å². The number of aryl methyl sites for hydroxylation is 1. The second-order valence-corrected chi connectivity index (χ2v) is 7.37. The molecule has 0 heterocycles. The number of hydrogen-bond acceptors (Lipinski definition) is 4. The maximum absolute atomic E-state index is 12.3. The Morgan fingerprint density at radius 2 is 1.90 bits per heavy atom. The number of ether oxygens (including phenoxy) is 3. The van der Waals surface area contributed by atoms with Gasteiger partial charge in [-0.25, -0.2) is 0 Å². The number of methoxy groups -OCH3 is 1. The first-order valence-corrected chi connectivity index (χ1v) is 10.5. The van der Waals surface area contributed by atoms with Gasteiger partial charge < -0.3 is 19.5 Å². The Kier molecular flexibility index (Phi) is 7.79. The standard InChI is InChI=1S/C24H31NO4/c1-3-28-22-13-11-19(16-23(22)27-2)17-25-24(26)14-12-18-7-6-10-21(15-18)29-20-8-4-5-9-20/h6-7,10-11,13,15-16,20H,3-5,8-9,12,14,17H2,1-2H3,(H,25,26). The summed E-state index contributed by atoms with van der Waals surface area (Å²) in [6.07, 6.45) is 6.28. The largest absolute Gasteiger partial charge is 0.493 e. The molecule has 1 aliphatic carbocycles. The molecule has 0 saturated heterocycles. The quantitative estimate of drug-likeness (QED) is 0.633. The molecule has 0 spiro atoms. The van der Waals surface area contributed by atoms with E-state index < -0.39 is 0 Å². The molecule has 2 aromatic rings. The molecule has 0 atom stereocenters. The van der Waals surface area contributed by atoms with E-state index in [0.29, 0.717) is 43.6 Å². The summed E-state index contributed by atoms with van der Waals surface area (Å²) in [6.45, 7) is 2.98. The molecule has 2 aromatic carbocycles. The minimum absolute atomic E-state index is 0.0277. The summed E-state index contributed by atoms with van der Waals surface area (Å²) in [7, 11) is 1.62. The van der Waals surface area contributed by atoms with Crippen LogP contribution in [0, 0.1) is 0 Å². The van der Waals surface area contributed by atoms with Crippen molar-refractivity contribution in [3.8, 4) is 17.2 Å². The molecule has 0 aromatic heterocycles. The third-order valence-corrected chi connectivity index (χ3v) is 5.16. The molecule has 0 radical (unpaired) electrons. The molecule has 1 saturated carbocycles. The molecule has 1 fully saturated rings. The fourth-order valence-electron chi connectivity index (χ4n) is 3.62. The Morgan fingerprint density at radius 1 is 1.07 bits per heavy atom. The average Bonchev–Trinajstić information content (AvgIpc) is 3.25. The van der Waals surface area contributed by atoms with Crippen LogP contribution in [-0.2, 0) is 17.8 Å². The number of rotatable bonds is 10. The van der Waals surface area contributed by atoms with Gasteiger partial charge in [0.2, 0.25) is 5.91 Å². The van der Waals surface area contributed by atoms with E-state index in [2.05, 4.69) is 11.4 Å². The lowest BCUT2D eigenvalue weighted by molar-refractivity contribution is -0.121. The molecular weight excluding hydrogens is 366 g/mol. The van der Waals surface area contributed by atoms with Gasteiger partial charge in [0.05, 0.1) is 19.8 Å². The number of amides is 1. The molecule has 156 valence electrons. The van der Waals surface area contributed by atoms with Gasteiger partial charge in [-0.1, -0.05) is 18.2 Å². The molecule has 0 bridgehead atoms. The zero-order valence-corrected chi connectivity index (χ0v) is 17.4. The lowest BCUT2D eigenvalue weighted by atomic mass is 10.1. The molecular formula is C24H31NO4. The van der Waals surface area contributed by atoms with Crippen LogP contribution in [0.4, 0.5) is 0 Å². The van der Waals surface area contributed by atoms with Crippen LogP contribution >= 0.6 is 0 Å². The molecule has 3 rings (SSSR count). The van der Waals surface area contributed by atoms with Crippen molar-refractivity contribution < 1.29 is 19.0 Å². The van der Waals surface area contributed by atoms with Crippen LogP contribution in [0.5, 0.6) is 17.2 Å². The van der Waals surface area contributed by atoms with Gasteiger partial charge in [0.1, 0.15) is 5.75 Å². The van der Waals surface area contributed by atoms with E-state index in [1.54, 1.807) is 7.11 Å². The highest BCUT2D eigenvalue weighted by molar-refractivity contribution is 5.76. The summed E-state index contributed by atoms with van der Waals surface area (Å²) in [4.78, 5) is 12.3. The normalized spacial score (nSPS) is 13.9. The van der Waals surface area contributed by atoms with Crippen molar-refractivity contribution in [3.63, 3.8) is 0 Å². The monoisotopic (exact) mass is 397 g/mol. The second-order valence-electron chi connectivity index (χ2n) is 7.37. The zero-order chi connectivity index (χ0) is 20.5. The number of carbonyl (C=O) groups is 1. The topological polar surface area (TPSA) is 56.8 Å². The molecule has 0 aliphatic heterocycles. The fraction of sp³-hybridized carbons (Fsp3) is 0.458. The predicted octanol–water partition coefficient (Wildman–Crippen LogP) is 4.66. The highest BCUT2D eigenvalue weighted by Gasteiger charge is 2.16. The summed E-state index contributed by atoms with van der Waals surface area (Å²) < 4.78 is 16.9. The maximum Gasteiger partial charge on any atom is 0.220 e. The number of hydrogen-bond donors (Lipinski definition) is 1. The van der Waals surface area contributed by atoms with Crippen molar-refractivity contribution in [1.29, 1.82) is 0 Å². The van der Waals surface area contributed by atoms with Gasteiger partial charge in [0.15, 0.2) is 11.5 Å². The molecule has 0 unspecified atom stereocenters. The van der Waals surface area contributed by atoms with E-state index in [-0.39, 0.29) is 5.91 Å². The third kappa shape index (κ3) is 6.41. The van der Waals surface area contributed by atoms with E-state index in [4.69, 9.17) is 14.2 Å². The third-order valence-electron chi connectivity index (χ3n) is 5.16. The van der Waals surface area contributed by atoms with Crippen LogP contribution in [0.1, 0.15) is 50.2 Å². The number of nitrogens with one attached hydrogen (secondary N) is 1. The van der Waals surface area contributed by atoms with Gasteiger partial charge in [0, 0.05) is 13.0 Å². The number of carbonyl (C=O) groups excluding carboxylic acids is 1. The van der Waals surface area contributed by atoms with Crippen molar-refractivity contribution in [1.82, 2.24) is 5.32 Å². The fourth-order valence-corrected chi connectivity index (χ4v) is 3.62. The lowest BCUT2D eigenvalue weighted by Crippen LogP contribution is -2.23. The number of benzene rings is 2. The van der Waals surface area contributed by atoms with Gasteiger partial charge in [-0.05, 0) is 74.4 Å². The Balaban J connectivity index is 1.46. The molecule has 5 heteroatoms. The Bertz CT molecular complexity index is 799. The van der Waals surface area contributed by atoms with Crippen molar-refractivity contribution in [2.75, 3.05) is 13.7 Å². The van der Waals surface area contributed by atoms with E-state index >= 15 is 0 Å². The lowest BCUT2D eigenvalue weighted by Gasteiger charge is -2.14. The summed E-state index contributed by atoms with van der Waals surface area (Å²) in [5.41, 5.74) is 2.10. The van der Waals surface area contributed by atoms with Crippen molar-refractivity contribution >= 4 is 5.91 Å². The SMILES string of the molecule is CCOc1ccc(CNC(=O)CCc2cccc(OC3CCCC3)c2)cc1OC. The second kappa shape index (κ2) is 10.7. The minimum Gasteiger partial charge on any atom is -0.493 e. The summed E-state index contributed by atoms with van der Waals surface area (Å²) in [5.74, 6) is 2.33. The van der Waals surface area contributed by atoms with Crippen LogP contribution in [0.25, 0.3) is 0 Å². The van der Waals surface area contributed by atoms with E-state index in [0.717, 1.165) is 29.7 Å². The van der Waals surface area contributed by atoms with Crippen LogP contribution in [-0.4, -0.2) is 25.7 Å². The van der Waals surface area contributed by atoms with Crippen molar-refractivity contribution in [2.45, 2.75) is 58.1 Å². The van der Waals surface area contributed by atoms with Crippen molar-refractivity contribution in [2.24, 2.45) is 0 Å². The van der Waals surface area contributed by atoms with Gasteiger partial charge in [-0.15, -0.1) is 0 Å². The van der Waals surface area contributed by atoms with Crippen LogP contribution in [0.15, 0.2) is 42.5 Å². The average molecular weight is 398 g/mol. The Morgan fingerprint density at radius 3 is 2.66 bits per heavy atom. The smallest absolute Gasteiger partial charge is 0.220 e. The summed E-state index contributed by atoms with van der Waals surface area (Å²) in [6, 6.07) is 13.8. The first-order valence-electron chi connectivity index (χ1n) is 10.5. The molecule has 29 heavy (non-hydrogen) atoms. The first kappa shape index (κ1) is 21.0. The first-order chi connectivity index (χ1) is 14.2. The highest BCUT2D eigenvalue weighted by atomic mass is 16.5. The zero-order valence-electron chi connectivity index (χ0n) is 17.4. The van der Waals surface area contributed by atoms with Crippen molar-refractivity contribution in [3.05, 3.63) is 53.6 Å². The maximum atomic E-state index is 12.3. The summed E-state index contributed by atoms with van der Waals surface area (Å²) >= 11 is 0. The van der Waals surface area contributed by atoms with Crippen LogP contribution in [0.3, 0.4) is 0 Å². The van der Waals surface area contributed by atoms with E-state index in [1.807, 2.05) is 43.3 Å². The predicted molar refractivity (Wildman–Crippen MR) is 114 cm³/mol. The molecule has 1 aliphatic rings. The molecule has 5 nitrogen and oxygen atoms in total. The minimum atomic E-state index is 0.0277. The van der Waals surface area contributed by atoms with Crippen LogP contribution < -0.4 is 19.5 Å². The van der Waals surface area contributed by atoms with Gasteiger partial charge in [-0.2, -0.15) is 0 Å². The van der Waals surface area contributed by atoms with E-state index in [1.165, 1.54) is 12.8 Å². The summed E-state index contributed by atoms with van der Waals surface area (Å²) in [5, 5.41) is 2.98. The Hall–Kier alpha value is -2.69. The van der Waals surface area contributed by atoms with Gasteiger partial charge in [0.25, 0.3) is 0 Å². The molecule has 1 amide bonds. The molecule has 1 N–H and O–H groups in total. The van der Waals surface area contributed by atoms with E-state index in [9.17, 15) is 4.79 Å². The van der Waals surface area contributed by atoms with Crippen LogP contribution in [0.2, 0.25) is 0 Å².